The van der Waals surface area contributed by atoms with Gasteiger partial charge in [0.15, 0.2) is 0 Å². The number of ether oxygens (including phenoxy) is 1. The van der Waals surface area contributed by atoms with Gasteiger partial charge >= 0.3 is 0 Å². The van der Waals surface area contributed by atoms with Crippen LogP contribution in [0, 0.1) is 13.8 Å². The molecule has 3 nitrogen and oxygen atoms in total. The Morgan fingerprint density at radius 2 is 1.92 bits per heavy atom. The number of aromatic nitrogens is 1. The van der Waals surface area contributed by atoms with Crippen molar-refractivity contribution in [3.63, 3.8) is 0 Å². The van der Waals surface area contributed by atoms with Crippen LogP contribution in [0.2, 0.25) is 0 Å². The van der Waals surface area contributed by atoms with Crippen LogP contribution < -0.4 is 10.1 Å². The third-order valence-corrected chi connectivity index (χ3v) is 5.09. The maximum atomic E-state index is 5.72. The van der Waals surface area contributed by atoms with Crippen LogP contribution >= 0.6 is 0 Å². The standard InChI is InChI=1S/C22H26N2O/c1-4-11-25-17-7-5-16(6-8-17)21-22-18(9-10-23-21)19-13-14(2)12-15(3)20(19)24-22/h5-8,12-13,21,23-24H,4,9-11H2,1-3H3. The van der Waals surface area contributed by atoms with E-state index in [1.54, 1.807) is 0 Å². The molecule has 2 aromatic carbocycles. The lowest BCUT2D eigenvalue weighted by Gasteiger charge is -2.25. The van der Waals surface area contributed by atoms with E-state index < -0.39 is 0 Å². The highest BCUT2D eigenvalue weighted by molar-refractivity contribution is 5.88. The monoisotopic (exact) mass is 334 g/mol. The highest BCUT2D eigenvalue weighted by Gasteiger charge is 2.25. The number of nitrogens with one attached hydrogen (secondary N) is 2. The van der Waals surface area contributed by atoms with Crippen molar-refractivity contribution < 1.29 is 4.74 Å². The molecule has 1 aromatic heterocycles. The zero-order chi connectivity index (χ0) is 17.4. The number of hydrogen-bond acceptors (Lipinski definition) is 2. The van der Waals surface area contributed by atoms with Crippen LogP contribution in [0.3, 0.4) is 0 Å². The summed E-state index contributed by atoms with van der Waals surface area (Å²) in [5.41, 5.74) is 8.01. The Hall–Kier alpha value is -2.26. The molecule has 3 heteroatoms. The second-order valence-corrected chi connectivity index (χ2v) is 7.08. The average molecular weight is 334 g/mol. The molecule has 0 radical (unpaired) electrons. The minimum absolute atomic E-state index is 0.219. The second-order valence-electron chi connectivity index (χ2n) is 7.08. The Bertz CT molecular complexity index is 893. The molecule has 0 aliphatic carbocycles. The second kappa shape index (κ2) is 6.57. The van der Waals surface area contributed by atoms with E-state index in [4.69, 9.17) is 4.74 Å². The third-order valence-electron chi connectivity index (χ3n) is 5.09. The quantitative estimate of drug-likeness (QED) is 0.718. The van der Waals surface area contributed by atoms with Crippen molar-refractivity contribution in [1.82, 2.24) is 10.3 Å². The molecule has 4 rings (SSSR count). The van der Waals surface area contributed by atoms with Crippen molar-refractivity contribution in [3.05, 3.63) is 64.3 Å². The summed E-state index contributed by atoms with van der Waals surface area (Å²) >= 11 is 0. The SMILES string of the molecule is CCCOc1ccc(C2NCCc3c2[nH]c2c(C)cc(C)cc32)cc1. The van der Waals surface area contributed by atoms with Crippen LogP contribution in [-0.4, -0.2) is 18.1 Å². The zero-order valence-electron chi connectivity index (χ0n) is 15.3. The van der Waals surface area contributed by atoms with Gasteiger partial charge in [-0.15, -0.1) is 0 Å². The molecule has 0 spiro atoms. The molecule has 1 unspecified atom stereocenters. The molecule has 0 saturated carbocycles. The van der Waals surface area contributed by atoms with Crippen molar-refractivity contribution in [2.45, 2.75) is 39.7 Å². The van der Waals surface area contributed by atoms with Crippen LogP contribution in [0.25, 0.3) is 10.9 Å². The molecule has 0 fully saturated rings. The molecule has 3 aromatic rings. The van der Waals surface area contributed by atoms with Gasteiger partial charge in [0.2, 0.25) is 0 Å². The van der Waals surface area contributed by atoms with Crippen LogP contribution in [0.4, 0.5) is 0 Å². The minimum Gasteiger partial charge on any atom is -0.494 e. The molecule has 0 amide bonds. The molecule has 130 valence electrons. The van der Waals surface area contributed by atoms with E-state index in [9.17, 15) is 0 Å². The zero-order valence-corrected chi connectivity index (χ0v) is 15.3. The van der Waals surface area contributed by atoms with Crippen molar-refractivity contribution >= 4 is 10.9 Å². The van der Waals surface area contributed by atoms with Crippen LogP contribution in [0.15, 0.2) is 36.4 Å². The van der Waals surface area contributed by atoms with Gasteiger partial charge in [0, 0.05) is 23.1 Å². The molecule has 1 aliphatic rings. The van der Waals surface area contributed by atoms with Crippen molar-refractivity contribution in [2.24, 2.45) is 0 Å². The highest BCUT2D eigenvalue weighted by atomic mass is 16.5. The number of fused-ring (bicyclic) bond motifs is 3. The van der Waals surface area contributed by atoms with Crippen molar-refractivity contribution in [1.29, 1.82) is 0 Å². The third kappa shape index (κ3) is 2.93. The fraction of sp³-hybridized carbons (Fsp3) is 0.364. The highest BCUT2D eigenvalue weighted by Crippen LogP contribution is 2.35. The number of H-pyrrole nitrogens is 1. The maximum Gasteiger partial charge on any atom is 0.119 e. The van der Waals surface area contributed by atoms with Crippen molar-refractivity contribution in [3.8, 4) is 5.75 Å². The molecular weight excluding hydrogens is 308 g/mol. The summed E-state index contributed by atoms with van der Waals surface area (Å²) in [5, 5.41) is 5.07. The summed E-state index contributed by atoms with van der Waals surface area (Å²) in [7, 11) is 0. The number of benzene rings is 2. The largest absolute Gasteiger partial charge is 0.494 e. The summed E-state index contributed by atoms with van der Waals surface area (Å²) in [6, 6.07) is 13.3. The summed E-state index contributed by atoms with van der Waals surface area (Å²) in [6.07, 6.45) is 2.11. The van der Waals surface area contributed by atoms with Gasteiger partial charge in [0.05, 0.1) is 12.6 Å². The number of rotatable bonds is 4. The Balaban J connectivity index is 1.73. The lowest BCUT2D eigenvalue weighted by atomic mass is 9.93. The van der Waals surface area contributed by atoms with Gasteiger partial charge in [0.25, 0.3) is 0 Å². The van der Waals surface area contributed by atoms with Gasteiger partial charge in [-0.05, 0) is 61.6 Å². The van der Waals surface area contributed by atoms with Crippen LogP contribution in [-0.2, 0) is 6.42 Å². The van der Waals surface area contributed by atoms with E-state index in [1.165, 1.54) is 38.9 Å². The number of hydrogen-bond donors (Lipinski definition) is 2. The first-order chi connectivity index (χ1) is 12.2. The first-order valence-corrected chi connectivity index (χ1v) is 9.25. The van der Waals surface area contributed by atoms with E-state index in [0.717, 1.165) is 31.7 Å². The van der Waals surface area contributed by atoms with Crippen molar-refractivity contribution in [2.75, 3.05) is 13.2 Å². The topological polar surface area (TPSA) is 37.0 Å². The Morgan fingerprint density at radius 1 is 1.12 bits per heavy atom. The maximum absolute atomic E-state index is 5.72. The molecule has 2 heterocycles. The number of aromatic amines is 1. The predicted octanol–water partition coefficient (Wildman–Crippen LogP) is 4.81. The summed E-state index contributed by atoms with van der Waals surface area (Å²) in [5.74, 6) is 0.949. The average Bonchev–Trinajstić information content (AvgIpc) is 3.00. The summed E-state index contributed by atoms with van der Waals surface area (Å²) < 4.78 is 5.72. The molecule has 1 atom stereocenters. The first-order valence-electron chi connectivity index (χ1n) is 9.25. The lowest BCUT2D eigenvalue weighted by Crippen LogP contribution is -2.30. The number of aryl methyl sites for hydroxylation is 2. The molecular formula is C22H26N2O. The van der Waals surface area contributed by atoms with Gasteiger partial charge in [-0.1, -0.05) is 30.7 Å². The minimum atomic E-state index is 0.219. The van der Waals surface area contributed by atoms with Crippen LogP contribution in [0.5, 0.6) is 5.75 Å². The van der Waals surface area contributed by atoms with Gasteiger partial charge in [0.1, 0.15) is 5.75 Å². The van der Waals surface area contributed by atoms with Gasteiger partial charge in [-0.2, -0.15) is 0 Å². The van der Waals surface area contributed by atoms with E-state index in [-0.39, 0.29) is 6.04 Å². The summed E-state index contributed by atoms with van der Waals surface area (Å²) in [4.78, 5) is 3.72. The molecule has 0 bridgehead atoms. The van der Waals surface area contributed by atoms with Crippen LogP contribution in [0.1, 0.15) is 47.3 Å². The molecule has 1 aliphatic heterocycles. The van der Waals surface area contributed by atoms with Gasteiger partial charge in [-0.3, -0.25) is 0 Å². The Morgan fingerprint density at radius 3 is 2.68 bits per heavy atom. The van der Waals surface area contributed by atoms with Gasteiger partial charge in [-0.25, -0.2) is 0 Å². The Kier molecular flexibility index (Phi) is 4.26. The lowest BCUT2D eigenvalue weighted by molar-refractivity contribution is 0.317. The fourth-order valence-corrected chi connectivity index (χ4v) is 3.95. The predicted molar refractivity (Wildman–Crippen MR) is 104 cm³/mol. The van der Waals surface area contributed by atoms with E-state index in [2.05, 4.69) is 67.5 Å². The smallest absolute Gasteiger partial charge is 0.119 e. The van der Waals surface area contributed by atoms with Gasteiger partial charge < -0.3 is 15.0 Å². The first kappa shape index (κ1) is 16.2. The normalized spacial score (nSPS) is 16.8. The Labute approximate surface area is 149 Å². The fourth-order valence-electron chi connectivity index (χ4n) is 3.95. The molecule has 25 heavy (non-hydrogen) atoms. The van der Waals surface area contributed by atoms with E-state index in [0.29, 0.717) is 0 Å². The summed E-state index contributed by atoms with van der Waals surface area (Å²) in [6.45, 7) is 8.28. The van der Waals surface area contributed by atoms with E-state index in [1.807, 2.05) is 0 Å². The van der Waals surface area contributed by atoms with E-state index >= 15 is 0 Å². The molecule has 2 N–H and O–H groups in total. The molecule has 0 saturated heterocycles.